The average molecular weight is 249 g/mol. The molecule has 0 aromatic carbocycles. The molecule has 0 aromatic heterocycles. The maximum absolute atomic E-state index is 5.36. The average Bonchev–Trinajstić information content (AvgIpc) is 1.61. The molecule has 0 aromatic rings. The summed E-state index contributed by atoms with van der Waals surface area (Å²) in [5.74, 6) is 0.471. The molecule has 40 valence electrons. The lowest BCUT2D eigenvalue weighted by Crippen LogP contribution is -1.51. The molecule has 0 atom stereocenters. The second kappa shape index (κ2) is 4.98. The van der Waals surface area contributed by atoms with Crippen molar-refractivity contribution in [1.82, 2.24) is 0 Å². The molecule has 0 fully saturated rings. The van der Waals surface area contributed by atoms with Crippen molar-refractivity contribution in [2.75, 3.05) is 5.88 Å². The van der Waals surface area contributed by atoms with Crippen LogP contribution in [-0.4, -0.2) is 5.88 Å². The van der Waals surface area contributed by atoms with E-state index < -0.39 is 0 Å². The van der Waals surface area contributed by atoms with Crippen LogP contribution in [0, 0.1) is 0 Å². The van der Waals surface area contributed by atoms with Gasteiger partial charge in [-0.05, 0) is 28.7 Å². The van der Waals surface area contributed by atoms with Crippen LogP contribution in [0.2, 0.25) is 0 Å². The number of allylic oxidation sites excluding steroid dienone is 1. The third-order valence-electron chi connectivity index (χ3n) is 0.288. The van der Waals surface area contributed by atoms with E-state index in [9.17, 15) is 0 Å². The molecule has 0 heterocycles. The summed E-state index contributed by atoms with van der Waals surface area (Å²) in [5.41, 5.74) is 2.71. The lowest BCUT2D eigenvalue weighted by molar-refractivity contribution is 1.78. The Hall–Kier alpha value is 0.830. The first-order valence-electron chi connectivity index (χ1n) is 1.59. The minimum atomic E-state index is 0.471. The maximum atomic E-state index is 5.36. The van der Waals surface area contributed by atoms with Crippen molar-refractivity contribution in [2.24, 2.45) is 0 Å². The van der Waals surface area contributed by atoms with Gasteiger partial charge in [-0.15, -0.1) is 11.6 Å². The fourth-order valence-electron chi connectivity index (χ4n) is 0.116. The summed E-state index contributed by atoms with van der Waals surface area (Å²) in [4.78, 5) is 0. The van der Waals surface area contributed by atoms with E-state index in [1.165, 1.54) is 0 Å². The second-order valence-electron chi connectivity index (χ2n) is 0.763. The first kappa shape index (κ1) is 7.83. The largest absolute Gasteiger partial charge is 0.122 e. The quantitative estimate of drug-likeness (QED) is 0.380. The molecule has 0 saturated carbocycles. The van der Waals surface area contributed by atoms with Crippen molar-refractivity contribution in [3.05, 3.63) is 14.8 Å². The van der Waals surface area contributed by atoms with Crippen LogP contribution in [0.3, 0.4) is 0 Å². The molecule has 3 heteroatoms. The first-order chi connectivity index (χ1) is 3.27. The summed E-state index contributed by atoms with van der Waals surface area (Å²) < 4.78 is 0.609. The van der Waals surface area contributed by atoms with E-state index in [4.69, 9.17) is 23.2 Å². The maximum Gasteiger partial charge on any atom is 0.120 e. The van der Waals surface area contributed by atoms with Gasteiger partial charge in [-0.3, -0.25) is 0 Å². The topological polar surface area (TPSA) is 0 Å². The van der Waals surface area contributed by atoms with Gasteiger partial charge in [0.05, 0.1) is 0 Å². The van der Waals surface area contributed by atoms with Crippen LogP contribution >= 0.6 is 45.8 Å². The van der Waals surface area contributed by atoms with Gasteiger partial charge in [-0.2, -0.15) is 0 Å². The molecule has 0 spiro atoms. The lowest BCUT2D eigenvalue weighted by atomic mass is 10.7. The Morgan fingerprint density at radius 2 is 2.43 bits per heavy atom. The van der Waals surface area contributed by atoms with Crippen molar-refractivity contribution in [3.63, 3.8) is 0 Å². The molecule has 0 unspecified atom stereocenters. The van der Waals surface area contributed by atoms with E-state index in [2.05, 4.69) is 5.73 Å². The Morgan fingerprint density at radius 3 is 2.57 bits per heavy atom. The van der Waals surface area contributed by atoms with E-state index >= 15 is 0 Å². The number of rotatable bonds is 1. The van der Waals surface area contributed by atoms with Crippen molar-refractivity contribution in [1.29, 1.82) is 0 Å². The molecule has 0 aliphatic rings. The summed E-state index contributed by atoms with van der Waals surface area (Å²) in [6, 6.07) is 0. The Kier molecular flexibility index (Phi) is 5.57. The summed E-state index contributed by atoms with van der Waals surface area (Å²) in [7, 11) is 0. The molecule has 0 N–H and O–H groups in total. The minimum Gasteiger partial charge on any atom is -0.122 e. The van der Waals surface area contributed by atoms with Gasteiger partial charge in [-0.1, -0.05) is 17.3 Å². The lowest BCUT2D eigenvalue weighted by Gasteiger charge is -1.67. The highest BCUT2D eigenvalue weighted by Crippen LogP contribution is 2.07. The Labute approximate surface area is 66.3 Å². The highest BCUT2D eigenvalue weighted by atomic mass is 127. The van der Waals surface area contributed by atoms with Crippen LogP contribution in [0.25, 0.3) is 0 Å². The Bertz CT molecular complexity index is 98.3. The van der Waals surface area contributed by atoms with Crippen molar-refractivity contribution < 1.29 is 0 Å². The predicted octanol–water partition coefficient (Wildman–Crippen LogP) is 2.90. The third kappa shape index (κ3) is 6.83. The van der Waals surface area contributed by atoms with Gasteiger partial charge in [0.1, 0.15) is 3.04 Å². The number of hydrogen-bond donors (Lipinski definition) is 0. The minimum absolute atomic E-state index is 0.471. The third-order valence-corrected chi connectivity index (χ3v) is 0.863. The van der Waals surface area contributed by atoms with Crippen LogP contribution in [0.1, 0.15) is 0 Å². The van der Waals surface area contributed by atoms with Crippen LogP contribution in [0.4, 0.5) is 0 Å². The normalized spacial score (nSPS) is 7.29. The van der Waals surface area contributed by atoms with Gasteiger partial charge < -0.3 is 0 Å². The van der Waals surface area contributed by atoms with E-state index in [1.54, 1.807) is 6.08 Å². The molecule has 0 bridgehead atoms. The van der Waals surface area contributed by atoms with Crippen molar-refractivity contribution in [2.45, 2.75) is 0 Å². The zero-order chi connectivity index (χ0) is 5.70. The van der Waals surface area contributed by atoms with Gasteiger partial charge in [0.15, 0.2) is 0 Å². The molecule has 0 saturated heterocycles. The number of alkyl halides is 1. The molecule has 0 radical (unpaired) electrons. The number of hydrogen-bond acceptors (Lipinski definition) is 0. The van der Waals surface area contributed by atoms with Crippen LogP contribution < -0.4 is 0 Å². The van der Waals surface area contributed by atoms with Crippen molar-refractivity contribution in [3.8, 4) is 0 Å². The SMILES string of the molecule is ClCC=C=C(Cl)I. The van der Waals surface area contributed by atoms with Gasteiger partial charge >= 0.3 is 0 Å². The molecular formula is C4H3Cl2I. The molecule has 7 heavy (non-hydrogen) atoms. The molecule has 0 aliphatic heterocycles. The van der Waals surface area contributed by atoms with Gasteiger partial charge in [0, 0.05) is 5.88 Å². The molecule has 0 aliphatic carbocycles. The van der Waals surface area contributed by atoms with E-state index in [1.807, 2.05) is 22.6 Å². The molecule has 0 amide bonds. The van der Waals surface area contributed by atoms with Gasteiger partial charge in [0.25, 0.3) is 0 Å². The van der Waals surface area contributed by atoms with E-state index in [0.717, 1.165) is 0 Å². The number of halogens is 3. The van der Waals surface area contributed by atoms with Crippen LogP contribution in [0.5, 0.6) is 0 Å². The zero-order valence-electron chi connectivity index (χ0n) is 3.42. The Balaban J connectivity index is 3.62. The fourth-order valence-corrected chi connectivity index (χ4v) is 0.490. The van der Waals surface area contributed by atoms with Gasteiger partial charge in [-0.25, -0.2) is 0 Å². The second-order valence-corrected chi connectivity index (χ2v) is 3.17. The smallest absolute Gasteiger partial charge is 0.120 e. The van der Waals surface area contributed by atoms with Crippen LogP contribution in [0.15, 0.2) is 14.8 Å². The van der Waals surface area contributed by atoms with E-state index in [0.29, 0.717) is 8.92 Å². The zero-order valence-corrected chi connectivity index (χ0v) is 7.09. The molecule has 0 nitrogen and oxygen atoms in total. The first-order valence-corrected chi connectivity index (χ1v) is 3.58. The van der Waals surface area contributed by atoms with Crippen LogP contribution in [-0.2, 0) is 0 Å². The predicted molar refractivity (Wildman–Crippen MR) is 42.2 cm³/mol. The summed E-state index contributed by atoms with van der Waals surface area (Å²) in [6.45, 7) is 0. The fraction of sp³-hybridized carbons (Fsp3) is 0.250. The van der Waals surface area contributed by atoms with Gasteiger partial charge in [0.2, 0.25) is 0 Å². The highest BCUT2D eigenvalue weighted by Gasteiger charge is 1.70. The Morgan fingerprint density at radius 1 is 1.86 bits per heavy atom. The summed E-state index contributed by atoms with van der Waals surface area (Å²) in [5, 5.41) is 0. The highest BCUT2D eigenvalue weighted by molar-refractivity contribution is 14.1. The molecular weight excluding hydrogens is 246 g/mol. The summed E-state index contributed by atoms with van der Waals surface area (Å²) in [6.07, 6.45) is 1.66. The van der Waals surface area contributed by atoms with Crippen molar-refractivity contribution >= 4 is 45.8 Å². The standard InChI is InChI=1S/C4H3Cl2I/c5-3-1-2-4(6)7/h1H,3H2. The van der Waals surface area contributed by atoms with E-state index in [-0.39, 0.29) is 0 Å². The summed E-state index contributed by atoms with van der Waals surface area (Å²) >= 11 is 12.6. The monoisotopic (exact) mass is 248 g/mol. The molecule has 0 rings (SSSR count).